The molecule has 1 aromatic carbocycles. The second-order valence-corrected chi connectivity index (χ2v) is 7.64. The lowest BCUT2D eigenvalue weighted by molar-refractivity contribution is 0.373. The molecule has 3 heterocycles. The van der Waals surface area contributed by atoms with Gasteiger partial charge in [-0.25, -0.2) is 13.4 Å². The van der Waals surface area contributed by atoms with Gasteiger partial charge in [0.05, 0.1) is 20.8 Å². The third kappa shape index (κ3) is 3.59. The lowest BCUT2D eigenvalue weighted by atomic mass is 10.2. The average molecular weight is 415 g/mol. The number of hydrogen-bond donors (Lipinski definition) is 1. The summed E-state index contributed by atoms with van der Waals surface area (Å²) >= 11 is 0. The summed E-state index contributed by atoms with van der Waals surface area (Å²) in [7, 11) is -1.33. The Morgan fingerprint density at radius 1 is 1.17 bits per heavy atom. The van der Waals surface area contributed by atoms with Crippen molar-refractivity contribution in [3.05, 3.63) is 54.5 Å². The molecule has 0 aliphatic rings. The lowest BCUT2D eigenvalue weighted by Crippen LogP contribution is -2.15. The second-order valence-electron chi connectivity index (χ2n) is 6.02. The van der Waals surface area contributed by atoms with Crippen LogP contribution < -0.4 is 14.2 Å². The van der Waals surface area contributed by atoms with Crippen LogP contribution in [0.2, 0.25) is 0 Å². The highest BCUT2D eigenvalue weighted by atomic mass is 32.2. The molecule has 0 bridgehead atoms. The maximum absolute atomic E-state index is 13.0. The number of nitrogens with one attached hydrogen (secondary N) is 1. The van der Waals surface area contributed by atoms with Crippen molar-refractivity contribution in [2.24, 2.45) is 0 Å². The van der Waals surface area contributed by atoms with Gasteiger partial charge in [-0.05, 0) is 29.8 Å². The third-order valence-corrected chi connectivity index (χ3v) is 5.56. The van der Waals surface area contributed by atoms with Gasteiger partial charge in [0.15, 0.2) is 16.0 Å². The fraction of sp³-hybridized carbons (Fsp3) is 0.167. The Hall–Kier alpha value is -3.60. The molecule has 0 radical (unpaired) electrons. The van der Waals surface area contributed by atoms with E-state index in [-0.39, 0.29) is 27.7 Å². The SMILES string of the molecule is COc1cccc(OC)c1S(=O)(=O)Nc1noc2cc(Cn3cccn3)cnc12. The minimum Gasteiger partial charge on any atom is -0.495 e. The number of rotatable bonds is 7. The first-order chi connectivity index (χ1) is 14.0. The summed E-state index contributed by atoms with van der Waals surface area (Å²) in [5.74, 6) is 0.247. The van der Waals surface area contributed by atoms with Gasteiger partial charge in [-0.1, -0.05) is 11.2 Å². The van der Waals surface area contributed by atoms with Crippen molar-refractivity contribution in [3.63, 3.8) is 0 Å². The van der Waals surface area contributed by atoms with Gasteiger partial charge in [0.25, 0.3) is 10.0 Å². The zero-order valence-corrected chi connectivity index (χ0v) is 16.4. The van der Waals surface area contributed by atoms with Crippen LogP contribution in [0.3, 0.4) is 0 Å². The highest BCUT2D eigenvalue weighted by Crippen LogP contribution is 2.34. The number of benzene rings is 1. The molecule has 0 amide bonds. The molecule has 0 atom stereocenters. The molecule has 0 aliphatic carbocycles. The third-order valence-electron chi connectivity index (χ3n) is 4.16. The Balaban J connectivity index is 1.67. The second kappa shape index (κ2) is 7.43. The molecule has 0 saturated carbocycles. The van der Waals surface area contributed by atoms with Crippen LogP contribution in [0.1, 0.15) is 5.56 Å². The Morgan fingerprint density at radius 2 is 1.93 bits per heavy atom. The molecular weight excluding hydrogens is 398 g/mol. The summed E-state index contributed by atoms with van der Waals surface area (Å²) in [6.07, 6.45) is 5.12. The topological polar surface area (TPSA) is 121 Å². The number of fused-ring (bicyclic) bond motifs is 1. The maximum atomic E-state index is 13.0. The van der Waals surface area contributed by atoms with Gasteiger partial charge in [0.2, 0.25) is 5.82 Å². The Morgan fingerprint density at radius 3 is 2.59 bits per heavy atom. The molecule has 29 heavy (non-hydrogen) atoms. The summed E-state index contributed by atoms with van der Waals surface area (Å²) in [6, 6.07) is 8.23. The van der Waals surface area contributed by atoms with Gasteiger partial charge in [-0.2, -0.15) is 5.10 Å². The van der Waals surface area contributed by atoms with Crippen molar-refractivity contribution in [2.75, 3.05) is 18.9 Å². The van der Waals surface area contributed by atoms with Crippen LogP contribution in [0, 0.1) is 0 Å². The number of hydrogen-bond acceptors (Lipinski definition) is 8. The molecule has 11 heteroatoms. The molecule has 0 unspecified atom stereocenters. The quantitative estimate of drug-likeness (QED) is 0.488. The highest BCUT2D eigenvalue weighted by Gasteiger charge is 2.27. The van der Waals surface area contributed by atoms with Gasteiger partial charge in [0.1, 0.15) is 11.5 Å². The van der Waals surface area contributed by atoms with Crippen molar-refractivity contribution in [1.82, 2.24) is 19.9 Å². The van der Waals surface area contributed by atoms with Crippen LogP contribution in [0.15, 0.2) is 58.3 Å². The number of ether oxygens (including phenoxy) is 2. The van der Waals surface area contributed by atoms with Gasteiger partial charge in [-0.15, -0.1) is 0 Å². The molecule has 0 saturated heterocycles. The van der Waals surface area contributed by atoms with Crippen LogP contribution in [0.25, 0.3) is 11.1 Å². The van der Waals surface area contributed by atoms with E-state index >= 15 is 0 Å². The Bertz CT molecular complexity index is 1230. The summed E-state index contributed by atoms with van der Waals surface area (Å²) in [5.41, 5.74) is 1.46. The summed E-state index contributed by atoms with van der Waals surface area (Å²) in [4.78, 5) is 4.16. The van der Waals surface area contributed by atoms with Gasteiger partial charge in [-0.3, -0.25) is 9.40 Å². The Labute approximate surface area is 166 Å². The minimum atomic E-state index is -4.09. The van der Waals surface area contributed by atoms with Crippen LogP contribution in [0.4, 0.5) is 5.82 Å². The number of pyridine rings is 1. The van der Waals surface area contributed by atoms with Crippen LogP contribution >= 0.6 is 0 Å². The number of nitrogens with zero attached hydrogens (tertiary/aromatic N) is 4. The zero-order chi connectivity index (χ0) is 20.4. The summed E-state index contributed by atoms with van der Waals surface area (Å²) in [5, 5.41) is 7.96. The predicted octanol–water partition coefficient (Wildman–Crippen LogP) is 2.29. The van der Waals surface area contributed by atoms with Crippen LogP contribution in [-0.4, -0.2) is 42.6 Å². The normalized spacial score (nSPS) is 11.5. The van der Waals surface area contributed by atoms with E-state index in [9.17, 15) is 8.42 Å². The number of methoxy groups -OCH3 is 2. The van der Waals surface area contributed by atoms with E-state index in [1.54, 1.807) is 29.2 Å². The monoisotopic (exact) mass is 415 g/mol. The smallest absolute Gasteiger partial charge is 0.270 e. The minimum absolute atomic E-state index is 0.0291. The average Bonchev–Trinajstić information content (AvgIpc) is 3.37. The summed E-state index contributed by atoms with van der Waals surface area (Å²) < 4.78 is 45.7. The van der Waals surface area contributed by atoms with E-state index in [0.717, 1.165) is 5.56 Å². The lowest BCUT2D eigenvalue weighted by Gasteiger charge is -2.13. The van der Waals surface area contributed by atoms with E-state index in [1.807, 2.05) is 12.3 Å². The molecule has 4 aromatic rings. The van der Waals surface area contributed by atoms with Gasteiger partial charge < -0.3 is 14.0 Å². The highest BCUT2D eigenvalue weighted by molar-refractivity contribution is 7.93. The van der Waals surface area contributed by atoms with Gasteiger partial charge >= 0.3 is 0 Å². The largest absolute Gasteiger partial charge is 0.495 e. The molecule has 3 aromatic heterocycles. The van der Waals surface area contributed by atoms with Crippen molar-refractivity contribution >= 4 is 26.9 Å². The van der Waals surface area contributed by atoms with Crippen molar-refractivity contribution in [1.29, 1.82) is 0 Å². The molecule has 4 rings (SSSR count). The molecule has 0 aliphatic heterocycles. The van der Waals surface area contributed by atoms with E-state index in [1.165, 1.54) is 26.4 Å². The van der Waals surface area contributed by atoms with Crippen molar-refractivity contribution < 1.29 is 22.4 Å². The first-order valence-electron chi connectivity index (χ1n) is 8.47. The first kappa shape index (κ1) is 18.7. The van der Waals surface area contributed by atoms with Gasteiger partial charge in [0, 0.05) is 18.6 Å². The number of anilines is 1. The first-order valence-corrected chi connectivity index (χ1v) is 9.95. The van der Waals surface area contributed by atoms with Crippen molar-refractivity contribution in [3.8, 4) is 11.5 Å². The van der Waals surface area contributed by atoms with E-state index < -0.39 is 10.0 Å². The standard InChI is InChI=1S/C18H17N5O5S/c1-26-13-5-3-6-14(27-2)17(13)29(24,25)22-18-16-15(28-21-18)9-12(10-19-16)11-23-8-4-7-20-23/h3-10H,11H2,1-2H3,(H,21,22). The predicted molar refractivity (Wildman–Crippen MR) is 103 cm³/mol. The number of sulfonamides is 1. The number of aromatic nitrogens is 4. The molecule has 1 N–H and O–H groups in total. The fourth-order valence-corrected chi connectivity index (χ4v) is 4.19. The van der Waals surface area contributed by atoms with Crippen molar-refractivity contribution in [2.45, 2.75) is 11.4 Å². The Kier molecular flexibility index (Phi) is 4.80. The molecule has 0 spiro atoms. The van der Waals surface area contributed by atoms with E-state index in [0.29, 0.717) is 12.1 Å². The molecule has 10 nitrogen and oxygen atoms in total. The fourth-order valence-electron chi connectivity index (χ4n) is 2.87. The van der Waals surface area contributed by atoms with Crippen LogP contribution in [0.5, 0.6) is 11.5 Å². The maximum Gasteiger partial charge on any atom is 0.270 e. The van der Waals surface area contributed by atoms with E-state index in [4.69, 9.17) is 14.0 Å². The van der Waals surface area contributed by atoms with Crippen LogP contribution in [-0.2, 0) is 16.6 Å². The van der Waals surface area contributed by atoms with E-state index in [2.05, 4.69) is 20.0 Å². The summed E-state index contributed by atoms with van der Waals surface area (Å²) in [6.45, 7) is 0.496. The zero-order valence-electron chi connectivity index (χ0n) is 15.6. The molecular formula is C18H17N5O5S. The molecule has 150 valence electrons. The molecule has 0 fully saturated rings.